The summed E-state index contributed by atoms with van der Waals surface area (Å²) in [5.41, 5.74) is 1.23. The smallest absolute Gasteiger partial charge is 0.125 e. The first-order valence-electron chi connectivity index (χ1n) is 5.60. The summed E-state index contributed by atoms with van der Waals surface area (Å²) in [6.07, 6.45) is 0.998. The van der Waals surface area contributed by atoms with E-state index in [4.69, 9.17) is 9.47 Å². The molecule has 1 aromatic rings. The summed E-state index contributed by atoms with van der Waals surface area (Å²) in [5.74, 6) is 1.74. The van der Waals surface area contributed by atoms with Gasteiger partial charge in [-0.3, -0.25) is 0 Å². The summed E-state index contributed by atoms with van der Waals surface area (Å²) >= 11 is 0. The van der Waals surface area contributed by atoms with Crippen molar-refractivity contribution < 1.29 is 9.47 Å². The van der Waals surface area contributed by atoms with Gasteiger partial charge < -0.3 is 14.4 Å². The monoisotopic (exact) mass is 223 g/mol. The maximum absolute atomic E-state index is 5.36. The van der Waals surface area contributed by atoms with Gasteiger partial charge in [-0.25, -0.2) is 0 Å². The third-order valence-electron chi connectivity index (χ3n) is 2.80. The van der Waals surface area contributed by atoms with Crippen LogP contribution in [0.2, 0.25) is 0 Å². The molecule has 16 heavy (non-hydrogen) atoms. The maximum atomic E-state index is 5.36. The first kappa shape index (κ1) is 12.8. The lowest BCUT2D eigenvalue weighted by Crippen LogP contribution is -2.20. The molecule has 0 atom stereocenters. The van der Waals surface area contributed by atoms with Gasteiger partial charge in [0.1, 0.15) is 11.5 Å². The van der Waals surface area contributed by atoms with Crippen LogP contribution in [0.3, 0.4) is 0 Å². The highest BCUT2D eigenvalue weighted by Crippen LogP contribution is 2.24. The standard InChI is InChI=1S/C13H21NO2/c1-5-14(2)9-8-11-6-7-12(15-3)10-13(11)16-4/h6-7,10H,5,8-9H2,1-4H3. The molecule has 0 aliphatic carbocycles. The molecule has 3 heteroatoms. The van der Waals surface area contributed by atoms with Crippen LogP contribution in [0.4, 0.5) is 0 Å². The molecule has 0 radical (unpaired) electrons. The van der Waals surface area contributed by atoms with Crippen molar-refractivity contribution in [2.45, 2.75) is 13.3 Å². The molecule has 0 bridgehead atoms. The highest BCUT2D eigenvalue weighted by molar-refractivity contribution is 5.40. The molecule has 90 valence electrons. The number of nitrogens with zero attached hydrogens (tertiary/aromatic N) is 1. The largest absolute Gasteiger partial charge is 0.497 e. The summed E-state index contributed by atoms with van der Waals surface area (Å²) in [4.78, 5) is 2.28. The number of rotatable bonds is 6. The predicted molar refractivity (Wildman–Crippen MR) is 66.4 cm³/mol. The Hall–Kier alpha value is -1.22. The van der Waals surface area contributed by atoms with Gasteiger partial charge in [-0.2, -0.15) is 0 Å². The van der Waals surface area contributed by atoms with Crippen LogP contribution in [0, 0.1) is 0 Å². The summed E-state index contributed by atoms with van der Waals surface area (Å²) in [6.45, 7) is 4.27. The van der Waals surface area contributed by atoms with Crippen molar-refractivity contribution in [2.24, 2.45) is 0 Å². The molecule has 1 aromatic carbocycles. The minimum Gasteiger partial charge on any atom is -0.497 e. The third kappa shape index (κ3) is 3.42. The van der Waals surface area contributed by atoms with Crippen molar-refractivity contribution in [1.29, 1.82) is 0 Å². The highest BCUT2D eigenvalue weighted by Gasteiger charge is 2.05. The number of likely N-dealkylation sites (N-methyl/N-ethyl adjacent to an activating group) is 1. The molecule has 0 N–H and O–H groups in total. The number of methoxy groups -OCH3 is 2. The number of hydrogen-bond acceptors (Lipinski definition) is 3. The average molecular weight is 223 g/mol. The van der Waals surface area contributed by atoms with Gasteiger partial charge in [0, 0.05) is 12.6 Å². The summed E-state index contributed by atoms with van der Waals surface area (Å²) in [7, 11) is 5.48. The van der Waals surface area contributed by atoms with Crippen LogP contribution in [-0.4, -0.2) is 39.3 Å². The molecular formula is C13H21NO2. The van der Waals surface area contributed by atoms with Gasteiger partial charge in [0.2, 0.25) is 0 Å². The van der Waals surface area contributed by atoms with E-state index in [0.29, 0.717) is 0 Å². The third-order valence-corrected chi connectivity index (χ3v) is 2.80. The molecule has 1 rings (SSSR count). The van der Waals surface area contributed by atoms with E-state index in [2.05, 4.69) is 24.9 Å². The topological polar surface area (TPSA) is 21.7 Å². The predicted octanol–water partition coefficient (Wildman–Crippen LogP) is 2.20. The molecule has 0 aliphatic rings. The fraction of sp³-hybridized carbons (Fsp3) is 0.538. The van der Waals surface area contributed by atoms with Crippen LogP contribution in [0.1, 0.15) is 12.5 Å². The van der Waals surface area contributed by atoms with Crippen LogP contribution in [-0.2, 0) is 6.42 Å². The summed E-state index contributed by atoms with van der Waals surface area (Å²) < 4.78 is 10.5. The Morgan fingerprint density at radius 3 is 2.50 bits per heavy atom. The second kappa shape index (κ2) is 6.38. The Labute approximate surface area is 98.0 Å². The van der Waals surface area contributed by atoms with Crippen molar-refractivity contribution >= 4 is 0 Å². The van der Waals surface area contributed by atoms with Crippen LogP contribution in [0.25, 0.3) is 0 Å². The molecule has 0 saturated carbocycles. The van der Waals surface area contributed by atoms with E-state index in [9.17, 15) is 0 Å². The molecule has 0 amide bonds. The lowest BCUT2D eigenvalue weighted by molar-refractivity contribution is 0.351. The van der Waals surface area contributed by atoms with Crippen LogP contribution in [0.15, 0.2) is 18.2 Å². The highest BCUT2D eigenvalue weighted by atomic mass is 16.5. The van der Waals surface area contributed by atoms with E-state index in [-0.39, 0.29) is 0 Å². The van der Waals surface area contributed by atoms with Gasteiger partial charge in [0.25, 0.3) is 0 Å². The molecule has 0 aromatic heterocycles. The zero-order valence-electron chi connectivity index (χ0n) is 10.6. The summed E-state index contributed by atoms with van der Waals surface area (Å²) in [5, 5.41) is 0. The van der Waals surface area contributed by atoms with E-state index in [1.165, 1.54) is 5.56 Å². The molecule has 0 fully saturated rings. The molecule has 3 nitrogen and oxygen atoms in total. The molecule has 0 unspecified atom stereocenters. The molecule has 0 aliphatic heterocycles. The summed E-state index contributed by atoms with van der Waals surface area (Å²) in [6, 6.07) is 5.98. The van der Waals surface area contributed by atoms with Gasteiger partial charge in [0.05, 0.1) is 14.2 Å². The first-order valence-corrected chi connectivity index (χ1v) is 5.60. The van der Waals surface area contributed by atoms with E-state index in [1.54, 1.807) is 14.2 Å². The van der Waals surface area contributed by atoms with Crippen molar-refractivity contribution in [2.75, 3.05) is 34.4 Å². The number of ether oxygens (including phenoxy) is 2. The molecule has 0 heterocycles. The fourth-order valence-electron chi connectivity index (χ4n) is 1.53. The van der Waals surface area contributed by atoms with E-state index in [0.717, 1.165) is 31.0 Å². The van der Waals surface area contributed by atoms with Crippen molar-refractivity contribution in [3.05, 3.63) is 23.8 Å². The Bertz CT molecular complexity index is 326. The fourth-order valence-corrected chi connectivity index (χ4v) is 1.53. The SMILES string of the molecule is CCN(C)CCc1ccc(OC)cc1OC. The van der Waals surface area contributed by atoms with Gasteiger partial charge in [-0.05, 0) is 31.6 Å². The van der Waals surface area contributed by atoms with E-state index in [1.807, 2.05) is 12.1 Å². The van der Waals surface area contributed by atoms with Crippen molar-refractivity contribution in [3.63, 3.8) is 0 Å². The van der Waals surface area contributed by atoms with Crippen LogP contribution >= 0.6 is 0 Å². The first-order chi connectivity index (χ1) is 7.71. The van der Waals surface area contributed by atoms with Gasteiger partial charge in [0.15, 0.2) is 0 Å². The molecule has 0 saturated heterocycles. The lowest BCUT2D eigenvalue weighted by Gasteiger charge is -2.15. The number of benzene rings is 1. The zero-order chi connectivity index (χ0) is 12.0. The minimum absolute atomic E-state index is 0.837. The lowest BCUT2D eigenvalue weighted by atomic mass is 10.1. The van der Waals surface area contributed by atoms with Gasteiger partial charge >= 0.3 is 0 Å². The van der Waals surface area contributed by atoms with Crippen molar-refractivity contribution in [1.82, 2.24) is 4.90 Å². The van der Waals surface area contributed by atoms with Crippen LogP contribution in [0.5, 0.6) is 11.5 Å². The van der Waals surface area contributed by atoms with E-state index < -0.39 is 0 Å². The maximum Gasteiger partial charge on any atom is 0.125 e. The Kier molecular flexibility index (Phi) is 5.12. The van der Waals surface area contributed by atoms with Crippen molar-refractivity contribution in [3.8, 4) is 11.5 Å². The normalized spacial score (nSPS) is 10.6. The quantitative estimate of drug-likeness (QED) is 0.738. The number of hydrogen-bond donors (Lipinski definition) is 0. The van der Waals surface area contributed by atoms with Gasteiger partial charge in [-0.1, -0.05) is 13.0 Å². The molecular weight excluding hydrogens is 202 g/mol. The second-order valence-electron chi connectivity index (χ2n) is 3.82. The Morgan fingerprint density at radius 1 is 1.19 bits per heavy atom. The minimum atomic E-state index is 0.837. The second-order valence-corrected chi connectivity index (χ2v) is 3.82. The zero-order valence-corrected chi connectivity index (χ0v) is 10.6. The Balaban J connectivity index is 2.71. The van der Waals surface area contributed by atoms with E-state index >= 15 is 0 Å². The molecule has 0 spiro atoms. The van der Waals surface area contributed by atoms with Crippen LogP contribution < -0.4 is 9.47 Å². The average Bonchev–Trinajstić information content (AvgIpc) is 2.35. The Morgan fingerprint density at radius 2 is 1.94 bits per heavy atom. The van der Waals surface area contributed by atoms with Gasteiger partial charge in [-0.15, -0.1) is 0 Å².